The Hall–Kier alpha value is -1.34. The molecular formula is C20H24S. The molecular weight excluding hydrogens is 272 g/mol. The predicted octanol–water partition coefficient (Wildman–Crippen LogP) is 6.57. The molecule has 0 saturated heterocycles. The summed E-state index contributed by atoms with van der Waals surface area (Å²) >= 11 is 1.95. The molecule has 0 amide bonds. The topological polar surface area (TPSA) is 0 Å². The van der Waals surface area contributed by atoms with Crippen molar-refractivity contribution in [2.24, 2.45) is 5.92 Å². The van der Waals surface area contributed by atoms with E-state index in [1.807, 2.05) is 11.3 Å². The molecule has 0 N–H and O–H groups in total. The van der Waals surface area contributed by atoms with Gasteiger partial charge in [0, 0.05) is 15.0 Å². The summed E-state index contributed by atoms with van der Waals surface area (Å²) in [5, 5.41) is 1.44. The Balaban J connectivity index is 2.15. The zero-order chi connectivity index (χ0) is 15.2. The average molecular weight is 296 g/mol. The Morgan fingerprint density at radius 1 is 1.19 bits per heavy atom. The van der Waals surface area contributed by atoms with Crippen molar-refractivity contribution >= 4 is 27.0 Å². The molecule has 1 heteroatoms. The molecule has 0 fully saturated rings. The number of fused-ring (bicyclic) bond motifs is 3. The first-order valence-electron chi connectivity index (χ1n) is 7.83. The maximum atomic E-state index is 2.36. The third-order valence-corrected chi connectivity index (χ3v) is 5.90. The first-order chi connectivity index (χ1) is 9.93. The minimum Gasteiger partial charge on any atom is -0.135 e. The largest absolute Gasteiger partial charge is 0.135 e. The van der Waals surface area contributed by atoms with Gasteiger partial charge in [0.1, 0.15) is 0 Å². The lowest BCUT2D eigenvalue weighted by Gasteiger charge is -2.22. The van der Waals surface area contributed by atoms with Crippen molar-refractivity contribution < 1.29 is 0 Å². The lowest BCUT2D eigenvalue weighted by Crippen LogP contribution is -2.15. The summed E-state index contributed by atoms with van der Waals surface area (Å²) in [4.78, 5) is 1.48. The van der Waals surface area contributed by atoms with Crippen LogP contribution < -0.4 is 0 Å². The molecule has 3 rings (SSSR count). The normalized spacial score (nSPS) is 17.4. The van der Waals surface area contributed by atoms with Crippen LogP contribution in [-0.2, 0) is 5.41 Å². The van der Waals surface area contributed by atoms with E-state index in [2.05, 4.69) is 71.0 Å². The van der Waals surface area contributed by atoms with E-state index >= 15 is 0 Å². The summed E-state index contributed by atoms with van der Waals surface area (Å²) < 4.78 is 1.41. The summed E-state index contributed by atoms with van der Waals surface area (Å²) in [6.45, 7) is 11.6. The van der Waals surface area contributed by atoms with Crippen LogP contribution in [0, 0.1) is 5.92 Å². The van der Waals surface area contributed by atoms with Crippen molar-refractivity contribution in [2.45, 2.75) is 46.5 Å². The van der Waals surface area contributed by atoms with Gasteiger partial charge in [0.15, 0.2) is 0 Å². The minimum atomic E-state index is 0.145. The van der Waals surface area contributed by atoms with Gasteiger partial charge < -0.3 is 0 Å². The number of benzene rings is 1. The van der Waals surface area contributed by atoms with Gasteiger partial charge >= 0.3 is 0 Å². The Labute approximate surface area is 132 Å². The van der Waals surface area contributed by atoms with Gasteiger partial charge in [-0.2, -0.15) is 0 Å². The Morgan fingerprint density at radius 3 is 2.62 bits per heavy atom. The van der Waals surface area contributed by atoms with E-state index in [9.17, 15) is 0 Å². The molecule has 0 aliphatic heterocycles. The average Bonchev–Trinajstić information content (AvgIpc) is 2.89. The Kier molecular flexibility index (Phi) is 3.57. The quantitative estimate of drug-likeness (QED) is 0.601. The van der Waals surface area contributed by atoms with Gasteiger partial charge in [-0.05, 0) is 41.9 Å². The smallest absolute Gasteiger partial charge is 0.0395 e. The fourth-order valence-corrected chi connectivity index (χ4v) is 4.65. The van der Waals surface area contributed by atoms with E-state index in [1.54, 1.807) is 0 Å². The first kappa shape index (κ1) is 14.6. The van der Waals surface area contributed by atoms with Gasteiger partial charge in [0.2, 0.25) is 0 Å². The molecule has 0 nitrogen and oxygen atoms in total. The maximum Gasteiger partial charge on any atom is 0.0395 e. The summed E-state index contributed by atoms with van der Waals surface area (Å²) in [6, 6.07) is 8.83. The van der Waals surface area contributed by atoms with Crippen LogP contribution >= 0.6 is 11.3 Å². The Bertz CT molecular complexity index is 738. The minimum absolute atomic E-state index is 0.145. The zero-order valence-corrected chi connectivity index (χ0v) is 14.5. The van der Waals surface area contributed by atoms with Gasteiger partial charge in [0.25, 0.3) is 0 Å². The van der Waals surface area contributed by atoms with Gasteiger partial charge in [0.05, 0.1) is 0 Å². The van der Waals surface area contributed by atoms with E-state index in [1.165, 1.54) is 31.7 Å². The Morgan fingerprint density at radius 2 is 1.90 bits per heavy atom. The number of rotatable bonds is 3. The van der Waals surface area contributed by atoms with Crippen LogP contribution in [-0.4, -0.2) is 0 Å². The van der Waals surface area contributed by atoms with E-state index in [-0.39, 0.29) is 5.41 Å². The fraction of sp³-hybridized carbons (Fsp3) is 0.400. The van der Waals surface area contributed by atoms with Crippen molar-refractivity contribution in [1.29, 1.82) is 0 Å². The lowest BCUT2D eigenvalue weighted by molar-refractivity contribution is 0.646. The number of hydrogen-bond acceptors (Lipinski definition) is 1. The van der Waals surface area contributed by atoms with Gasteiger partial charge in [-0.1, -0.05) is 63.6 Å². The summed E-state index contributed by atoms with van der Waals surface area (Å²) in [5.74, 6) is 0.721. The van der Waals surface area contributed by atoms with Crippen LogP contribution in [0.25, 0.3) is 15.7 Å². The molecule has 2 aromatic rings. The van der Waals surface area contributed by atoms with Gasteiger partial charge in [-0.3, -0.25) is 0 Å². The molecule has 0 radical (unpaired) electrons. The molecule has 0 atom stereocenters. The van der Waals surface area contributed by atoms with Crippen LogP contribution in [0.2, 0.25) is 0 Å². The number of allylic oxidation sites excluding steroid dienone is 4. The predicted molar refractivity (Wildman–Crippen MR) is 96.0 cm³/mol. The number of thiophene rings is 1. The summed E-state index contributed by atoms with van der Waals surface area (Å²) in [5.41, 5.74) is 4.64. The van der Waals surface area contributed by atoms with Crippen LogP contribution in [0.1, 0.15) is 51.5 Å². The standard InChI is InChI=1S/C20H24S/c1-13(2)9-8-11-15-14(3)20(4,5)18-16-10-6-7-12-17(16)21-19(15)18/h6-8,10-13H,9H2,1-5H3/b11-8-. The second-order valence-electron chi connectivity index (χ2n) is 7.00. The molecule has 1 aromatic carbocycles. The van der Waals surface area contributed by atoms with Crippen molar-refractivity contribution in [3.05, 3.63) is 52.4 Å². The van der Waals surface area contributed by atoms with Gasteiger partial charge in [-0.15, -0.1) is 11.3 Å². The van der Waals surface area contributed by atoms with Crippen LogP contribution in [0.4, 0.5) is 0 Å². The maximum absolute atomic E-state index is 2.36. The highest BCUT2D eigenvalue weighted by Gasteiger charge is 2.37. The molecule has 110 valence electrons. The SMILES string of the molecule is CC1=C(/C=C\CC(C)C)c2sc3ccccc3c2C1(C)C. The summed E-state index contributed by atoms with van der Waals surface area (Å²) in [7, 11) is 0. The van der Waals surface area contributed by atoms with Crippen LogP contribution in [0.5, 0.6) is 0 Å². The number of hydrogen-bond donors (Lipinski definition) is 0. The van der Waals surface area contributed by atoms with Crippen molar-refractivity contribution in [1.82, 2.24) is 0 Å². The van der Waals surface area contributed by atoms with Crippen LogP contribution in [0.15, 0.2) is 42.0 Å². The fourth-order valence-electron chi connectivity index (χ4n) is 3.21. The first-order valence-corrected chi connectivity index (χ1v) is 8.65. The highest BCUT2D eigenvalue weighted by Crippen LogP contribution is 2.53. The summed E-state index contributed by atoms with van der Waals surface area (Å²) in [6.07, 6.45) is 5.86. The molecule has 1 heterocycles. The van der Waals surface area contributed by atoms with Crippen LogP contribution in [0.3, 0.4) is 0 Å². The highest BCUT2D eigenvalue weighted by molar-refractivity contribution is 7.20. The second kappa shape index (κ2) is 5.14. The monoisotopic (exact) mass is 296 g/mol. The molecule has 0 spiro atoms. The second-order valence-corrected chi connectivity index (χ2v) is 8.05. The molecule has 1 aromatic heterocycles. The van der Waals surface area contributed by atoms with E-state index in [0.29, 0.717) is 0 Å². The third-order valence-electron chi connectivity index (χ3n) is 4.70. The van der Waals surface area contributed by atoms with E-state index in [0.717, 1.165) is 12.3 Å². The van der Waals surface area contributed by atoms with Crippen molar-refractivity contribution in [2.75, 3.05) is 0 Å². The molecule has 1 aliphatic carbocycles. The van der Waals surface area contributed by atoms with Gasteiger partial charge in [-0.25, -0.2) is 0 Å². The molecule has 1 aliphatic rings. The molecule has 0 unspecified atom stereocenters. The zero-order valence-electron chi connectivity index (χ0n) is 13.7. The van der Waals surface area contributed by atoms with Crippen molar-refractivity contribution in [3.8, 4) is 0 Å². The third kappa shape index (κ3) is 2.28. The molecule has 0 saturated carbocycles. The lowest BCUT2D eigenvalue weighted by atomic mass is 9.81. The molecule has 21 heavy (non-hydrogen) atoms. The van der Waals surface area contributed by atoms with Crippen molar-refractivity contribution in [3.63, 3.8) is 0 Å². The van der Waals surface area contributed by atoms with E-state index in [4.69, 9.17) is 0 Å². The highest BCUT2D eigenvalue weighted by atomic mass is 32.1. The molecule has 0 bridgehead atoms. The van der Waals surface area contributed by atoms with E-state index < -0.39 is 0 Å².